The van der Waals surface area contributed by atoms with Gasteiger partial charge in [0.05, 0.1) is 28.9 Å². The molecule has 0 saturated heterocycles. The molecule has 0 amide bonds. The second-order valence-corrected chi connectivity index (χ2v) is 9.27. The molecule has 7 nitrogen and oxygen atoms in total. The fourth-order valence-corrected chi connectivity index (χ4v) is 4.91. The minimum atomic E-state index is -0.864. The Morgan fingerprint density at radius 1 is 1.29 bits per heavy atom. The van der Waals surface area contributed by atoms with Gasteiger partial charge >= 0.3 is 5.97 Å². The van der Waals surface area contributed by atoms with Crippen molar-refractivity contribution in [2.45, 2.75) is 44.7 Å². The Kier molecular flexibility index (Phi) is 7.88. The maximum Gasteiger partial charge on any atom is 0.338 e. The first-order chi connectivity index (χ1) is 16.2. The van der Waals surface area contributed by atoms with Crippen LogP contribution in [0.25, 0.3) is 0 Å². The van der Waals surface area contributed by atoms with Crippen LogP contribution in [0.3, 0.4) is 0 Å². The summed E-state index contributed by atoms with van der Waals surface area (Å²) in [5, 5.41) is 20.3. The van der Waals surface area contributed by atoms with Crippen molar-refractivity contribution < 1.29 is 14.3 Å². The number of aryl methyl sites for hydroxylation is 2. The quantitative estimate of drug-likeness (QED) is 0.438. The van der Waals surface area contributed by atoms with Crippen molar-refractivity contribution in [3.63, 3.8) is 0 Å². The predicted molar refractivity (Wildman–Crippen MR) is 130 cm³/mol. The van der Waals surface area contributed by atoms with Crippen molar-refractivity contribution in [1.29, 1.82) is 10.5 Å². The molecule has 0 saturated carbocycles. The third-order valence-corrected chi connectivity index (χ3v) is 6.36. The third-order valence-electron chi connectivity index (χ3n) is 5.04. The summed E-state index contributed by atoms with van der Waals surface area (Å²) in [6.45, 7) is 7.14. The minimum absolute atomic E-state index is 0.0693. The first-order valence-corrected chi connectivity index (χ1v) is 11.8. The van der Waals surface area contributed by atoms with Gasteiger partial charge in [0.15, 0.2) is 0 Å². The average molecular weight is 495 g/mol. The Labute approximate surface area is 207 Å². The van der Waals surface area contributed by atoms with Crippen molar-refractivity contribution in [3.05, 3.63) is 80.5 Å². The lowest BCUT2D eigenvalue weighted by Gasteiger charge is -2.29. The summed E-state index contributed by atoms with van der Waals surface area (Å²) in [5.41, 5.74) is 8.88. The Hall–Kier alpha value is -3.46. The van der Waals surface area contributed by atoms with Crippen LogP contribution in [-0.4, -0.2) is 22.8 Å². The molecule has 1 aromatic heterocycles. The maximum absolute atomic E-state index is 13.3. The number of hydrogen-bond acceptors (Lipinski definition) is 8. The Morgan fingerprint density at radius 2 is 2.00 bits per heavy atom. The molecule has 9 heteroatoms. The number of benzene rings is 1. The highest BCUT2D eigenvalue weighted by molar-refractivity contribution is 7.99. The predicted octanol–water partition coefficient (Wildman–Crippen LogP) is 5.03. The molecule has 0 unspecified atom stereocenters. The minimum Gasteiger partial charge on any atom is -0.459 e. The van der Waals surface area contributed by atoms with Gasteiger partial charge in [0.2, 0.25) is 5.88 Å². The number of pyridine rings is 1. The SMILES string of the molecule is Cc1cc(C)c(C#N)c(SCC2=C(C(=O)OC(C)C)[C@@H](c3ccccc3Cl)C(C#N)=C(N)O2)n1. The number of hydrogen-bond donors (Lipinski definition) is 1. The number of nitrogens with two attached hydrogens (primary N) is 1. The van der Waals surface area contributed by atoms with E-state index in [0.29, 0.717) is 21.2 Å². The number of halogens is 1. The van der Waals surface area contributed by atoms with Crippen molar-refractivity contribution in [1.82, 2.24) is 4.98 Å². The molecule has 3 rings (SSSR count). The van der Waals surface area contributed by atoms with E-state index in [1.54, 1.807) is 38.1 Å². The van der Waals surface area contributed by atoms with Crippen LogP contribution >= 0.6 is 23.4 Å². The molecule has 2 heterocycles. The van der Waals surface area contributed by atoms with Gasteiger partial charge in [-0.1, -0.05) is 41.6 Å². The van der Waals surface area contributed by atoms with E-state index in [9.17, 15) is 15.3 Å². The Morgan fingerprint density at radius 3 is 2.62 bits per heavy atom. The van der Waals surface area contributed by atoms with E-state index in [2.05, 4.69) is 17.1 Å². The second-order valence-electron chi connectivity index (χ2n) is 7.90. The molecule has 0 bridgehead atoms. The average Bonchev–Trinajstić information content (AvgIpc) is 2.76. The molecular formula is C25H23ClN4O3S. The lowest BCUT2D eigenvalue weighted by atomic mass is 9.83. The lowest BCUT2D eigenvalue weighted by molar-refractivity contribution is -0.143. The summed E-state index contributed by atoms with van der Waals surface area (Å²) in [5.74, 6) is -1.26. The van der Waals surface area contributed by atoms with Gasteiger partial charge in [-0.25, -0.2) is 9.78 Å². The van der Waals surface area contributed by atoms with Crippen LogP contribution in [0.2, 0.25) is 5.02 Å². The van der Waals surface area contributed by atoms with Crippen LogP contribution < -0.4 is 5.73 Å². The summed E-state index contributed by atoms with van der Waals surface area (Å²) in [6.07, 6.45) is -0.402. The number of ether oxygens (including phenoxy) is 2. The van der Waals surface area contributed by atoms with E-state index in [4.69, 9.17) is 26.8 Å². The molecule has 2 N–H and O–H groups in total. The normalized spacial score (nSPS) is 15.6. The van der Waals surface area contributed by atoms with Crippen LogP contribution in [0.5, 0.6) is 0 Å². The summed E-state index contributed by atoms with van der Waals surface area (Å²) in [7, 11) is 0. The largest absolute Gasteiger partial charge is 0.459 e. The van der Waals surface area contributed by atoms with E-state index in [1.807, 2.05) is 19.9 Å². The first kappa shape index (κ1) is 25.2. The maximum atomic E-state index is 13.3. The lowest BCUT2D eigenvalue weighted by Crippen LogP contribution is -2.28. The Balaban J connectivity index is 2.15. The standard InChI is InChI=1S/C25H23ClN4O3S/c1-13(2)32-25(31)22-20(12-34-24-17(10-27)14(3)9-15(4)30-24)33-23(29)18(11-28)21(22)16-7-5-6-8-19(16)26/h5-9,13,21H,12,29H2,1-4H3/t21-/m0/s1. The molecule has 0 spiro atoms. The van der Waals surface area contributed by atoms with Gasteiger partial charge in [-0.3, -0.25) is 0 Å². The van der Waals surface area contributed by atoms with Gasteiger partial charge in [-0.2, -0.15) is 10.5 Å². The van der Waals surface area contributed by atoms with Crippen LogP contribution in [0.4, 0.5) is 0 Å². The van der Waals surface area contributed by atoms with Gasteiger partial charge in [-0.05, 0) is 51.0 Å². The molecule has 174 valence electrons. The fraction of sp³-hybridized carbons (Fsp3) is 0.280. The zero-order valence-corrected chi connectivity index (χ0v) is 20.8. The molecule has 0 aliphatic carbocycles. The van der Waals surface area contributed by atoms with E-state index in [-0.39, 0.29) is 28.5 Å². The van der Waals surface area contributed by atoms with Gasteiger partial charge in [-0.15, -0.1) is 0 Å². The number of nitriles is 2. The monoisotopic (exact) mass is 494 g/mol. The summed E-state index contributed by atoms with van der Waals surface area (Å²) < 4.78 is 11.3. The first-order valence-electron chi connectivity index (χ1n) is 10.4. The zero-order valence-electron chi connectivity index (χ0n) is 19.2. The van der Waals surface area contributed by atoms with Crippen molar-refractivity contribution >= 4 is 29.3 Å². The van der Waals surface area contributed by atoms with Gasteiger partial charge in [0.1, 0.15) is 28.5 Å². The van der Waals surface area contributed by atoms with Crippen LogP contribution in [0, 0.1) is 36.5 Å². The number of carbonyl (C=O) groups excluding carboxylic acids is 1. The summed E-state index contributed by atoms with van der Waals surface area (Å²) in [6, 6.07) is 13.0. The van der Waals surface area contributed by atoms with Gasteiger partial charge < -0.3 is 15.2 Å². The number of carbonyl (C=O) groups is 1. The second kappa shape index (κ2) is 10.6. The molecule has 1 atom stereocenters. The number of aromatic nitrogens is 1. The number of nitrogens with zero attached hydrogens (tertiary/aromatic N) is 3. The van der Waals surface area contributed by atoms with E-state index in [0.717, 1.165) is 11.3 Å². The van der Waals surface area contributed by atoms with Crippen LogP contribution in [0.15, 0.2) is 58.1 Å². The molecule has 1 aromatic carbocycles. The van der Waals surface area contributed by atoms with Crippen molar-refractivity contribution in [2.24, 2.45) is 5.73 Å². The van der Waals surface area contributed by atoms with Crippen LogP contribution in [0.1, 0.15) is 42.1 Å². The summed E-state index contributed by atoms with van der Waals surface area (Å²) >= 11 is 7.70. The molecule has 1 aliphatic heterocycles. The highest BCUT2D eigenvalue weighted by atomic mass is 35.5. The molecule has 0 radical (unpaired) electrons. The fourth-order valence-electron chi connectivity index (χ4n) is 3.62. The molecule has 0 fully saturated rings. The highest BCUT2D eigenvalue weighted by Crippen LogP contribution is 2.43. The molecule has 2 aromatic rings. The van der Waals surface area contributed by atoms with E-state index >= 15 is 0 Å². The van der Waals surface area contributed by atoms with Gasteiger partial charge in [0.25, 0.3) is 0 Å². The number of thioether (sulfide) groups is 1. The molecule has 34 heavy (non-hydrogen) atoms. The van der Waals surface area contributed by atoms with Crippen LogP contribution in [-0.2, 0) is 14.3 Å². The number of esters is 1. The smallest absolute Gasteiger partial charge is 0.338 e. The number of rotatable bonds is 6. The zero-order chi connectivity index (χ0) is 25.0. The van der Waals surface area contributed by atoms with E-state index < -0.39 is 18.0 Å². The Bertz CT molecular complexity index is 1290. The topological polar surface area (TPSA) is 122 Å². The molecular weight excluding hydrogens is 472 g/mol. The third kappa shape index (κ3) is 5.20. The number of allylic oxidation sites excluding steroid dienone is 1. The van der Waals surface area contributed by atoms with Crippen molar-refractivity contribution in [3.8, 4) is 12.1 Å². The van der Waals surface area contributed by atoms with Crippen molar-refractivity contribution in [2.75, 3.05) is 5.75 Å². The summed E-state index contributed by atoms with van der Waals surface area (Å²) in [4.78, 5) is 17.7. The van der Waals surface area contributed by atoms with Gasteiger partial charge in [0, 0.05) is 10.7 Å². The molecule has 1 aliphatic rings. The highest BCUT2D eigenvalue weighted by Gasteiger charge is 2.39. The van der Waals surface area contributed by atoms with E-state index in [1.165, 1.54) is 11.8 Å².